The normalized spacial score (nSPS) is 11.8. The molecule has 5 nitrogen and oxygen atoms in total. The maximum atomic E-state index is 8.45. The fourth-order valence-corrected chi connectivity index (χ4v) is 1.91. The second kappa shape index (κ2) is 7.38. The Morgan fingerprint density at radius 3 is 2.70 bits per heavy atom. The lowest BCUT2D eigenvalue weighted by molar-refractivity contribution is 0.0435. The molecule has 0 saturated carbocycles. The fourth-order valence-electron chi connectivity index (χ4n) is 1.91. The van der Waals surface area contributed by atoms with Gasteiger partial charge in [0.25, 0.3) is 0 Å². The Kier molecular flexibility index (Phi) is 5.24. The van der Waals surface area contributed by atoms with Gasteiger partial charge < -0.3 is 9.15 Å². The standard InChI is InChI=1S/C15H17N3O2/c1-12-7-8-14(20-12)9-15(10-17-18-16)19-11-13-5-3-2-4-6-13/h2-8,15H,9-11H2,1H3. The van der Waals surface area contributed by atoms with Crippen LogP contribution in [0, 0.1) is 6.92 Å². The van der Waals surface area contributed by atoms with Crippen molar-refractivity contribution in [3.05, 3.63) is 70.0 Å². The average Bonchev–Trinajstić information content (AvgIpc) is 2.88. The minimum atomic E-state index is -0.184. The molecule has 0 N–H and O–H groups in total. The van der Waals surface area contributed by atoms with Gasteiger partial charge in [0.05, 0.1) is 19.3 Å². The Morgan fingerprint density at radius 2 is 2.05 bits per heavy atom. The number of rotatable bonds is 7. The summed E-state index contributed by atoms with van der Waals surface area (Å²) in [4.78, 5) is 2.79. The zero-order chi connectivity index (χ0) is 14.2. The zero-order valence-electron chi connectivity index (χ0n) is 11.4. The van der Waals surface area contributed by atoms with Gasteiger partial charge in [0.2, 0.25) is 0 Å². The van der Waals surface area contributed by atoms with E-state index in [-0.39, 0.29) is 6.10 Å². The van der Waals surface area contributed by atoms with Gasteiger partial charge in [0.15, 0.2) is 0 Å². The van der Waals surface area contributed by atoms with Gasteiger partial charge >= 0.3 is 0 Å². The van der Waals surface area contributed by atoms with E-state index in [9.17, 15) is 0 Å². The largest absolute Gasteiger partial charge is 0.466 e. The number of ether oxygens (including phenoxy) is 1. The van der Waals surface area contributed by atoms with E-state index in [2.05, 4.69) is 10.0 Å². The van der Waals surface area contributed by atoms with Gasteiger partial charge in [0.1, 0.15) is 11.5 Å². The fraction of sp³-hybridized carbons (Fsp3) is 0.333. The third-order valence-electron chi connectivity index (χ3n) is 2.90. The van der Waals surface area contributed by atoms with Crippen molar-refractivity contribution >= 4 is 0 Å². The molecule has 5 heteroatoms. The molecule has 0 saturated heterocycles. The molecule has 0 aliphatic rings. The first-order valence-corrected chi connectivity index (χ1v) is 6.49. The van der Waals surface area contributed by atoms with E-state index in [1.165, 1.54) is 0 Å². The molecule has 2 aromatic rings. The van der Waals surface area contributed by atoms with E-state index in [1.54, 1.807) is 0 Å². The molecule has 0 bridgehead atoms. The molecule has 1 unspecified atom stereocenters. The van der Waals surface area contributed by atoms with Gasteiger partial charge in [-0.25, -0.2) is 0 Å². The molecule has 0 aliphatic carbocycles. The summed E-state index contributed by atoms with van der Waals surface area (Å²) in [6, 6.07) is 13.7. The van der Waals surface area contributed by atoms with Crippen LogP contribution < -0.4 is 0 Å². The summed E-state index contributed by atoms with van der Waals surface area (Å²) in [7, 11) is 0. The van der Waals surface area contributed by atoms with Crippen LogP contribution in [0.1, 0.15) is 17.1 Å². The van der Waals surface area contributed by atoms with Crippen molar-refractivity contribution in [1.82, 2.24) is 0 Å². The van der Waals surface area contributed by atoms with Gasteiger partial charge in [-0.2, -0.15) is 0 Å². The first-order valence-electron chi connectivity index (χ1n) is 6.49. The summed E-state index contributed by atoms with van der Waals surface area (Å²) in [5.41, 5.74) is 9.54. The van der Waals surface area contributed by atoms with Crippen molar-refractivity contribution in [3.8, 4) is 0 Å². The van der Waals surface area contributed by atoms with Gasteiger partial charge in [-0.15, -0.1) is 0 Å². The van der Waals surface area contributed by atoms with E-state index < -0.39 is 0 Å². The Labute approximate surface area is 117 Å². The predicted molar refractivity (Wildman–Crippen MR) is 76.2 cm³/mol. The molecule has 0 spiro atoms. The van der Waals surface area contributed by atoms with E-state index in [0.29, 0.717) is 19.6 Å². The van der Waals surface area contributed by atoms with Crippen LogP contribution in [-0.4, -0.2) is 12.6 Å². The highest BCUT2D eigenvalue weighted by atomic mass is 16.5. The van der Waals surface area contributed by atoms with E-state index >= 15 is 0 Å². The second-order valence-corrected chi connectivity index (χ2v) is 4.55. The van der Waals surface area contributed by atoms with E-state index in [4.69, 9.17) is 14.7 Å². The zero-order valence-corrected chi connectivity index (χ0v) is 11.4. The molecule has 0 aliphatic heterocycles. The van der Waals surface area contributed by atoms with Crippen molar-refractivity contribution in [3.63, 3.8) is 0 Å². The summed E-state index contributed by atoms with van der Waals surface area (Å²) in [5.74, 6) is 1.71. The molecule has 0 radical (unpaired) electrons. The van der Waals surface area contributed by atoms with Crippen molar-refractivity contribution < 1.29 is 9.15 Å². The minimum absolute atomic E-state index is 0.184. The van der Waals surface area contributed by atoms with Crippen LogP contribution in [0.2, 0.25) is 0 Å². The number of furan rings is 1. The van der Waals surface area contributed by atoms with Crippen molar-refractivity contribution in [2.24, 2.45) is 5.11 Å². The first kappa shape index (κ1) is 14.2. The quantitative estimate of drug-likeness (QED) is 0.433. The third-order valence-corrected chi connectivity index (χ3v) is 2.90. The molecule has 2 rings (SSSR count). The van der Waals surface area contributed by atoms with Crippen molar-refractivity contribution in [2.75, 3.05) is 6.54 Å². The summed E-state index contributed by atoms with van der Waals surface area (Å²) in [6.07, 6.45) is 0.413. The van der Waals surface area contributed by atoms with Crippen LogP contribution in [0.25, 0.3) is 10.4 Å². The Bertz CT molecular complexity index is 574. The van der Waals surface area contributed by atoms with Crippen LogP contribution in [0.15, 0.2) is 52.0 Å². The Morgan fingerprint density at radius 1 is 1.25 bits per heavy atom. The summed E-state index contributed by atoms with van der Waals surface area (Å²) < 4.78 is 11.3. The van der Waals surface area contributed by atoms with Gasteiger partial charge in [0, 0.05) is 11.3 Å². The highest BCUT2D eigenvalue weighted by Gasteiger charge is 2.12. The molecular weight excluding hydrogens is 254 g/mol. The third kappa shape index (κ3) is 4.46. The van der Waals surface area contributed by atoms with Gasteiger partial charge in [-0.1, -0.05) is 35.4 Å². The van der Waals surface area contributed by atoms with Gasteiger partial charge in [-0.3, -0.25) is 0 Å². The minimum Gasteiger partial charge on any atom is -0.466 e. The number of hydrogen-bond acceptors (Lipinski definition) is 3. The van der Waals surface area contributed by atoms with Crippen LogP contribution in [0.3, 0.4) is 0 Å². The predicted octanol–water partition coefficient (Wildman–Crippen LogP) is 4.03. The summed E-state index contributed by atoms with van der Waals surface area (Å²) in [6.45, 7) is 2.69. The molecule has 1 heterocycles. The lowest BCUT2D eigenvalue weighted by atomic mass is 10.2. The second-order valence-electron chi connectivity index (χ2n) is 4.55. The monoisotopic (exact) mass is 271 g/mol. The van der Waals surface area contributed by atoms with Crippen LogP contribution in [0.5, 0.6) is 0 Å². The maximum absolute atomic E-state index is 8.45. The molecule has 1 aromatic heterocycles. The molecule has 0 fully saturated rings. The summed E-state index contributed by atoms with van der Waals surface area (Å²) >= 11 is 0. The SMILES string of the molecule is Cc1ccc(CC(CN=[N+]=[N-])OCc2ccccc2)o1. The smallest absolute Gasteiger partial charge is 0.106 e. The molecule has 1 atom stereocenters. The van der Waals surface area contributed by atoms with Crippen LogP contribution in [0.4, 0.5) is 0 Å². The molecular formula is C15H17N3O2. The number of aryl methyl sites for hydroxylation is 1. The van der Waals surface area contributed by atoms with Crippen LogP contribution in [-0.2, 0) is 17.8 Å². The molecule has 1 aromatic carbocycles. The Balaban J connectivity index is 1.94. The van der Waals surface area contributed by atoms with Gasteiger partial charge in [-0.05, 0) is 30.2 Å². The average molecular weight is 271 g/mol. The number of hydrogen-bond donors (Lipinski definition) is 0. The lowest BCUT2D eigenvalue weighted by Gasteiger charge is -2.14. The molecule has 0 amide bonds. The lowest BCUT2D eigenvalue weighted by Crippen LogP contribution is -2.19. The topological polar surface area (TPSA) is 71.1 Å². The van der Waals surface area contributed by atoms with E-state index in [0.717, 1.165) is 17.1 Å². The maximum Gasteiger partial charge on any atom is 0.106 e. The van der Waals surface area contributed by atoms with Crippen molar-refractivity contribution in [1.29, 1.82) is 0 Å². The molecule has 104 valence electrons. The highest BCUT2D eigenvalue weighted by molar-refractivity contribution is 5.13. The first-order chi connectivity index (χ1) is 9.78. The molecule has 20 heavy (non-hydrogen) atoms. The van der Waals surface area contributed by atoms with Crippen LogP contribution >= 0.6 is 0 Å². The number of nitrogens with zero attached hydrogens (tertiary/aromatic N) is 3. The number of benzene rings is 1. The Hall–Kier alpha value is -2.23. The van der Waals surface area contributed by atoms with Crippen molar-refractivity contribution in [2.45, 2.75) is 26.1 Å². The summed E-state index contributed by atoms with van der Waals surface area (Å²) in [5, 5.41) is 3.60. The highest BCUT2D eigenvalue weighted by Crippen LogP contribution is 2.13. The number of azide groups is 1. The van der Waals surface area contributed by atoms with E-state index in [1.807, 2.05) is 49.4 Å².